The van der Waals surface area contributed by atoms with Crippen molar-refractivity contribution in [2.75, 3.05) is 4.90 Å². The molecule has 0 saturated heterocycles. The quantitative estimate of drug-likeness (QED) is 0.167. The fraction of sp³-hybridized carbons (Fsp3) is 0.0769. The van der Waals surface area contributed by atoms with Crippen molar-refractivity contribution in [1.82, 2.24) is 0 Å². The molecule has 0 radical (unpaired) electrons. The predicted octanol–water partition coefficient (Wildman–Crippen LogP) is 13.5. The maximum Gasteiger partial charge on any atom is 0.140 e. The molecular formula is C52H37NO. The van der Waals surface area contributed by atoms with Gasteiger partial charge in [0.15, 0.2) is 0 Å². The number of benzene rings is 7. The van der Waals surface area contributed by atoms with Gasteiger partial charge in [0.25, 0.3) is 0 Å². The van der Waals surface area contributed by atoms with E-state index in [-0.39, 0.29) is 5.41 Å². The van der Waals surface area contributed by atoms with Crippen LogP contribution in [0.25, 0.3) is 49.8 Å². The van der Waals surface area contributed by atoms with Crippen LogP contribution in [-0.4, -0.2) is 0 Å². The molecule has 54 heavy (non-hydrogen) atoms. The Bertz CT molecular complexity index is 2940. The topological polar surface area (TPSA) is 16.4 Å². The number of furan rings is 1. The number of rotatable bonds is 5. The molecule has 0 fully saturated rings. The third-order valence-corrected chi connectivity index (χ3v) is 12.2. The van der Waals surface area contributed by atoms with E-state index in [1.807, 2.05) is 6.08 Å². The number of para-hydroxylation sites is 2. The molecule has 1 heterocycles. The van der Waals surface area contributed by atoms with Gasteiger partial charge < -0.3 is 9.32 Å². The Kier molecular flexibility index (Phi) is 6.41. The molecule has 11 rings (SSSR count). The van der Waals surface area contributed by atoms with E-state index in [0.717, 1.165) is 38.9 Å². The highest BCUT2D eigenvalue weighted by Gasteiger charge is 2.56. The Morgan fingerprint density at radius 3 is 1.93 bits per heavy atom. The van der Waals surface area contributed by atoms with E-state index in [1.54, 1.807) is 0 Å². The second-order valence-electron chi connectivity index (χ2n) is 15.2. The van der Waals surface area contributed by atoms with Crippen LogP contribution in [0.1, 0.15) is 47.2 Å². The van der Waals surface area contributed by atoms with Crippen molar-refractivity contribution in [3.8, 4) is 22.3 Å². The Morgan fingerprint density at radius 2 is 1.15 bits per heavy atom. The monoisotopic (exact) mass is 691 g/mol. The van der Waals surface area contributed by atoms with Crippen molar-refractivity contribution < 1.29 is 4.42 Å². The average Bonchev–Trinajstić information content (AvgIpc) is 3.90. The van der Waals surface area contributed by atoms with Crippen LogP contribution in [0.15, 0.2) is 193 Å². The average molecular weight is 692 g/mol. The summed E-state index contributed by atoms with van der Waals surface area (Å²) in [6.45, 7) is 8.85. The van der Waals surface area contributed by atoms with Gasteiger partial charge in [-0.1, -0.05) is 160 Å². The third kappa shape index (κ3) is 3.90. The summed E-state index contributed by atoms with van der Waals surface area (Å²) in [4.78, 5) is 2.54. The van der Waals surface area contributed by atoms with Crippen LogP contribution < -0.4 is 4.90 Å². The van der Waals surface area contributed by atoms with E-state index in [1.165, 1.54) is 61.3 Å². The maximum atomic E-state index is 7.03. The van der Waals surface area contributed by atoms with Crippen molar-refractivity contribution in [3.63, 3.8) is 0 Å². The maximum absolute atomic E-state index is 7.03. The molecule has 3 aliphatic carbocycles. The number of nitrogens with zero attached hydrogens (tertiary/aromatic N) is 1. The summed E-state index contributed by atoms with van der Waals surface area (Å²) >= 11 is 0. The van der Waals surface area contributed by atoms with E-state index in [0.29, 0.717) is 0 Å². The molecule has 7 aromatic carbocycles. The summed E-state index contributed by atoms with van der Waals surface area (Å²) in [5.74, 6) is 0. The van der Waals surface area contributed by atoms with Crippen molar-refractivity contribution in [2.45, 2.75) is 24.7 Å². The summed E-state index contributed by atoms with van der Waals surface area (Å²) in [5.41, 5.74) is 18.2. The minimum Gasteiger partial charge on any atom is -0.456 e. The summed E-state index contributed by atoms with van der Waals surface area (Å²) in [7, 11) is 0. The first-order valence-electron chi connectivity index (χ1n) is 18.8. The van der Waals surface area contributed by atoms with Crippen molar-refractivity contribution >= 4 is 38.9 Å². The van der Waals surface area contributed by atoms with Crippen molar-refractivity contribution in [1.29, 1.82) is 0 Å². The number of anilines is 2. The molecule has 8 aromatic rings. The zero-order valence-electron chi connectivity index (χ0n) is 30.3. The van der Waals surface area contributed by atoms with Gasteiger partial charge >= 0.3 is 0 Å². The van der Waals surface area contributed by atoms with E-state index in [2.05, 4.69) is 195 Å². The number of allylic oxidation sites excluding steroid dienone is 5. The van der Waals surface area contributed by atoms with Gasteiger partial charge in [0.05, 0.1) is 11.1 Å². The molecule has 0 amide bonds. The van der Waals surface area contributed by atoms with Crippen molar-refractivity contribution in [2.24, 2.45) is 0 Å². The zero-order valence-corrected chi connectivity index (χ0v) is 30.3. The van der Waals surface area contributed by atoms with Gasteiger partial charge in [0.2, 0.25) is 0 Å². The summed E-state index contributed by atoms with van der Waals surface area (Å²) in [6.07, 6.45) is 6.23. The normalized spacial score (nSPS) is 17.2. The predicted molar refractivity (Wildman–Crippen MR) is 224 cm³/mol. The Hall–Kier alpha value is -6.64. The molecule has 1 aromatic heterocycles. The molecule has 1 spiro atoms. The minimum atomic E-state index is -0.718. The van der Waals surface area contributed by atoms with Crippen LogP contribution >= 0.6 is 0 Å². The van der Waals surface area contributed by atoms with E-state index in [4.69, 9.17) is 4.42 Å². The summed E-state index contributed by atoms with van der Waals surface area (Å²) in [5, 5.41) is 2.26. The molecule has 1 atom stereocenters. The van der Waals surface area contributed by atoms with Gasteiger partial charge in [0.1, 0.15) is 11.2 Å². The van der Waals surface area contributed by atoms with Crippen LogP contribution in [0.3, 0.4) is 0 Å². The molecule has 0 N–H and O–H groups in total. The first-order chi connectivity index (χ1) is 26.5. The molecule has 2 heteroatoms. The van der Waals surface area contributed by atoms with Crippen LogP contribution in [-0.2, 0) is 10.8 Å². The van der Waals surface area contributed by atoms with E-state index < -0.39 is 5.41 Å². The van der Waals surface area contributed by atoms with Gasteiger partial charge in [-0.3, -0.25) is 0 Å². The number of hydrogen-bond acceptors (Lipinski definition) is 2. The Labute approximate surface area is 315 Å². The first-order valence-corrected chi connectivity index (χ1v) is 18.8. The largest absolute Gasteiger partial charge is 0.456 e. The summed E-state index contributed by atoms with van der Waals surface area (Å²) in [6, 6.07) is 57.9. The SMILES string of the molecule is C=C/C=C\C1=C(N(c2ccccc2)c2ccc3c(c2)C(C)(C)c2ccccc2-3)C2(c3ccccc31)c1ccccc1-c1ccc3c(oc4ccccc43)c12. The van der Waals surface area contributed by atoms with E-state index >= 15 is 0 Å². The second kappa shape index (κ2) is 11.2. The Morgan fingerprint density at radius 1 is 0.537 bits per heavy atom. The van der Waals surface area contributed by atoms with E-state index in [9.17, 15) is 0 Å². The Balaban J connectivity index is 1.31. The number of fused-ring (bicyclic) bond motifs is 14. The fourth-order valence-corrected chi connectivity index (χ4v) is 10.0. The first kappa shape index (κ1) is 30.9. The van der Waals surface area contributed by atoms with Gasteiger partial charge in [-0.25, -0.2) is 0 Å². The summed E-state index contributed by atoms with van der Waals surface area (Å²) < 4.78 is 7.03. The lowest BCUT2D eigenvalue weighted by atomic mass is 9.71. The second-order valence-corrected chi connectivity index (χ2v) is 15.2. The van der Waals surface area contributed by atoms with Gasteiger partial charge in [-0.2, -0.15) is 0 Å². The molecular weight excluding hydrogens is 655 g/mol. The van der Waals surface area contributed by atoms with Gasteiger partial charge in [-0.15, -0.1) is 0 Å². The smallest absolute Gasteiger partial charge is 0.140 e. The minimum absolute atomic E-state index is 0.159. The highest BCUT2D eigenvalue weighted by atomic mass is 16.3. The lowest BCUT2D eigenvalue weighted by molar-refractivity contribution is 0.647. The third-order valence-electron chi connectivity index (χ3n) is 12.2. The van der Waals surface area contributed by atoms with Crippen LogP contribution in [0.4, 0.5) is 11.4 Å². The van der Waals surface area contributed by atoms with Crippen LogP contribution in [0, 0.1) is 0 Å². The molecule has 1 unspecified atom stereocenters. The van der Waals surface area contributed by atoms with Crippen molar-refractivity contribution in [3.05, 3.63) is 222 Å². The molecule has 0 aliphatic heterocycles. The van der Waals surface area contributed by atoms with Crippen LogP contribution in [0.5, 0.6) is 0 Å². The van der Waals surface area contributed by atoms with Crippen LogP contribution in [0.2, 0.25) is 0 Å². The lowest BCUT2D eigenvalue weighted by Gasteiger charge is -2.40. The lowest BCUT2D eigenvalue weighted by Crippen LogP contribution is -2.36. The molecule has 0 saturated carbocycles. The highest BCUT2D eigenvalue weighted by Crippen LogP contribution is 2.66. The molecule has 3 aliphatic rings. The molecule has 0 bridgehead atoms. The zero-order chi connectivity index (χ0) is 36.2. The van der Waals surface area contributed by atoms with Gasteiger partial charge in [-0.05, 0) is 86.5 Å². The molecule has 256 valence electrons. The van der Waals surface area contributed by atoms with Gasteiger partial charge in [0, 0.05) is 38.7 Å². The standard InChI is InChI=1S/C52H37NO/c1-4-5-19-42-37-22-11-15-26-45(37)52(44-25-14-10-21-36(44)40-30-31-41-39-23-12-16-27-47(39)54-49(41)48(40)52)50(42)53(33-17-7-6-8-18-33)34-28-29-38-35-20-9-13-24-43(35)51(2,3)46(38)32-34/h4-32H,1H2,2-3H3/b19-5-. The highest BCUT2D eigenvalue weighted by molar-refractivity contribution is 6.12. The molecule has 2 nitrogen and oxygen atoms in total. The fourth-order valence-electron chi connectivity index (χ4n) is 10.0. The number of hydrogen-bond donors (Lipinski definition) is 0.